The van der Waals surface area contributed by atoms with Crippen LogP contribution in [0.25, 0.3) is 0 Å². The van der Waals surface area contributed by atoms with Gasteiger partial charge in [-0.25, -0.2) is 8.42 Å². The maximum Gasteiger partial charge on any atom is 0.151 e. The smallest absolute Gasteiger partial charge is 0.151 e. The molecule has 0 bridgehead atoms. The fourth-order valence-corrected chi connectivity index (χ4v) is 3.90. The van der Waals surface area contributed by atoms with Crippen molar-refractivity contribution in [2.45, 2.75) is 25.0 Å². The van der Waals surface area contributed by atoms with Crippen LogP contribution < -0.4 is 4.74 Å². The summed E-state index contributed by atoms with van der Waals surface area (Å²) >= 11 is 9.51. The SMILES string of the molecule is CS(=O)(=O)Cc1ccc(Oc2ccc(Cl)cc2CCCCO)c(Br)c1. The van der Waals surface area contributed by atoms with Crippen molar-refractivity contribution in [3.63, 3.8) is 0 Å². The maximum absolute atomic E-state index is 11.4. The van der Waals surface area contributed by atoms with Crippen LogP contribution in [0.15, 0.2) is 40.9 Å². The van der Waals surface area contributed by atoms with Crippen LogP contribution in [0.3, 0.4) is 0 Å². The van der Waals surface area contributed by atoms with Crippen LogP contribution >= 0.6 is 27.5 Å². The molecule has 0 atom stereocenters. The first-order chi connectivity index (χ1) is 11.8. The van der Waals surface area contributed by atoms with Crippen LogP contribution in [-0.2, 0) is 22.0 Å². The van der Waals surface area contributed by atoms with Crippen molar-refractivity contribution in [2.75, 3.05) is 12.9 Å². The summed E-state index contributed by atoms with van der Waals surface area (Å²) in [6.07, 6.45) is 3.51. The molecule has 0 aliphatic heterocycles. The van der Waals surface area contributed by atoms with Crippen LogP contribution in [-0.4, -0.2) is 26.4 Å². The molecule has 0 aliphatic rings. The number of hydrogen-bond acceptors (Lipinski definition) is 4. The van der Waals surface area contributed by atoms with Gasteiger partial charge in [0.25, 0.3) is 0 Å². The summed E-state index contributed by atoms with van der Waals surface area (Å²) in [5, 5.41) is 9.57. The van der Waals surface area contributed by atoms with Gasteiger partial charge in [0.15, 0.2) is 9.84 Å². The lowest BCUT2D eigenvalue weighted by Gasteiger charge is -2.13. The normalized spacial score (nSPS) is 11.5. The number of unbranched alkanes of at least 4 members (excludes halogenated alkanes) is 1. The van der Waals surface area contributed by atoms with Crippen LogP contribution in [0, 0.1) is 0 Å². The second kappa shape index (κ2) is 9.03. The van der Waals surface area contributed by atoms with E-state index in [2.05, 4.69) is 15.9 Å². The summed E-state index contributed by atoms with van der Waals surface area (Å²) in [5.41, 5.74) is 1.66. The summed E-state index contributed by atoms with van der Waals surface area (Å²) < 4.78 is 29.5. The maximum atomic E-state index is 11.4. The van der Waals surface area contributed by atoms with Crippen molar-refractivity contribution < 1.29 is 18.3 Å². The number of hydrogen-bond donors (Lipinski definition) is 1. The molecule has 0 amide bonds. The first kappa shape index (κ1) is 20.2. The fraction of sp³-hybridized carbons (Fsp3) is 0.333. The number of benzene rings is 2. The molecular weight excluding hydrogens is 428 g/mol. The molecule has 2 rings (SSSR count). The predicted molar refractivity (Wildman–Crippen MR) is 104 cm³/mol. The molecule has 0 fully saturated rings. The van der Waals surface area contributed by atoms with Gasteiger partial charge >= 0.3 is 0 Å². The number of rotatable bonds is 8. The van der Waals surface area contributed by atoms with E-state index in [1.807, 2.05) is 12.1 Å². The third-order valence-corrected chi connectivity index (χ3v) is 5.23. The fourth-order valence-electron chi connectivity index (χ4n) is 2.41. The van der Waals surface area contributed by atoms with Gasteiger partial charge in [0.2, 0.25) is 0 Å². The number of aliphatic hydroxyl groups is 1. The molecule has 0 saturated carbocycles. The molecule has 4 nitrogen and oxygen atoms in total. The van der Waals surface area contributed by atoms with Crippen LogP contribution in [0.4, 0.5) is 0 Å². The molecule has 0 spiro atoms. The third-order valence-electron chi connectivity index (χ3n) is 3.52. The summed E-state index contributed by atoms with van der Waals surface area (Å²) in [7, 11) is -3.09. The highest BCUT2D eigenvalue weighted by Gasteiger charge is 2.11. The van der Waals surface area contributed by atoms with Crippen molar-refractivity contribution in [3.05, 3.63) is 57.0 Å². The van der Waals surface area contributed by atoms with Crippen LogP contribution in [0.2, 0.25) is 5.02 Å². The molecule has 0 heterocycles. The van der Waals surface area contributed by atoms with Gasteiger partial charge in [-0.3, -0.25) is 0 Å². The summed E-state index contributed by atoms with van der Waals surface area (Å²) in [5.74, 6) is 1.28. The summed E-state index contributed by atoms with van der Waals surface area (Å²) in [6, 6.07) is 10.7. The highest BCUT2D eigenvalue weighted by Crippen LogP contribution is 2.34. The van der Waals surface area contributed by atoms with E-state index in [9.17, 15) is 8.42 Å². The Bertz CT molecular complexity index is 837. The number of aliphatic hydroxyl groups excluding tert-OH is 1. The summed E-state index contributed by atoms with van der Waals surface area (Å²) in [4.78, 5) is 0. The second-order valence-electron chi connectivity index (χ2n) is 5.87. The Kier molecular flexibility index (Phi) is 7.31. The Morgan fingerprint density at radius 3 is 2.48 bits per heavy atom. The molecule has 2 aromatic carbocycles. The summed E-state index contributed by atoms with van der Waals surface area (Å²) in [6.45, 7) is 0.157. The molecular formula is C18H20BrClO4S. The molecule has 7 heteroatoms. The largest absolute Gasteiger partial charge is 0.456 e. The Morgan fingerprint density at radius 1 is 1.12 bits per heavy atom. The van der Waals surface area contributed by atoms with E-state index in [1.54, 1.807) is 24.3 Å². The van der Waals surface area contributed by atoms with E-state index in [1.165, 1.54) is 6.26 Å². The van der Waals surface area contributed by atoms with E-state index in [-0.39, 0.29) is 12.4 Å². The molecule has 0 radical (unpaired) electrons. The zero-order chi connectivity index (χ0) is 18.4. The highest BCUT2D eigenvalue weighted by molar-refractivity contribution is 9.10. The molecule has 1 N–H and O–H groups in total. The second-order valence-corrected chi connectivity index (χ2v) is 9.30. The predicted octanol–water partition coefficient (Wildman–Crippen LogP) is 4.75. The van der Waals surface area contributed by atoms with Gasteiger partial charge in [-0.1, -0.05) is 17.7 Å². The average molecular weight is 448 g/mol. The lowest BCUT2D eigenvalue weighted by molar-refractivity contribution is 0.284. The Labute approximate surface area is 161 Å². The third kappa shape index (κ3) is 6.62. The van der Waals surface area contributed by atoms with Crippen LogP contribution in [0.1, 0.15) is 24.0 Å². The van der Waals surface area contributed by atoms with Gasteiger partial charge in [-0.05, 0) is 76.7 Å². The minimum atomic E-state index is -3.09. The lowest BCUT2D eigenvalue weighted by atomic mass is 10.1. The van der Waals surface area contributed by atoms with Crippen molar-refractivity contribution in [3.8, 4) is 11.5 Å². The minimum Gasteiger partial charge on any atom is -0.456 e. The monoisotopic (exact) mass is 446 g/mol. The quantitative estimate of drug-likeness (QED) is 0.593. The highest BCUT2D eigenvalue weighted by atomic mass is 79.9. The van der Waals surface area contributed by atoms with E-state index in [4.69, 9.17) is 21.4 Å². The molecule has 136 valence electrons. The van der Waals surface area contributed by atoms with Gasteiger partial charge in [0.05, 0.1) is 10.2 Å². The van der Waals surface area contributed by atoms with Crippen LogP contribution in [0.5, 0.6) is 11.5 Å². The van der Waals surface area contributed by atoms with Crippen molar-refractivity contribution in [1.82, 2.24) is 0 Å². The Morgan fingerprint density at radius 2 is 1.84 bits per heavy atom. The number of ether oxygens (including phenoxy) is 1. The zero-order valence-corrected chi connectivity index (χ0v) is 17.0. The first-order valence-electron chi connectivity index (χ1n) is 7.82. The first-order valence-corrected chi connectivity index (χ1v) is 11.0. The van der Waals surface area contributed by atoms with E-state index in [0.29, 0.717) is 26.6 Å². The molecule has 0 aromatic heterocycles. The number of sulfone groups is 1. The van der Waals surface area contributed by atoms with E-state index >= 15 is 0 Å². The van der Waals surface area contributed by atoms with E-state index < -0.39 is 9.84 Å². The molecule has 25 heavy (non-hydrogen) atoms. The minimum absolute atomic E-state index is 0.0146. The van der Waals surface area contributed by atoms with Gasteiger partial charge in [0, 0.05) is 17.9 Å². The van der Waals surface area contributed by atoms with Gasteiger partial charge in [-0.15, -0.1) is 0 Å². The van der Waals surface area contributed by atoms with Crippen molar-refractivity contribution in [1.29, 1.82) is 0 Å². The van der Waals surface area contributed by atoms with E-state index in [0.717, 1.165) is 24.8 Å². The number of halogens is 2. The standard InChI is InChI=1S/C18H20BrClO4S/c1-25(22,23)12-13-5-7-18(16(19)10-13)24-17-8-6-15(20)11-14(17)4-2-3-9-21/h5-8,10-11,21H,2-4,9,12H2,1H3. The number of aryl methyl sites for hydroxylation is 1. The van der Waals surface area contributed by atoms with Crippen molar-refractivity contribution in [2.24, 2.45) is 0 Å². The molecule has 0 saturated heterocycles. The molecule has 0 unspecified atom stereocenters. The zero-order valence-electron chi connectivity index (χ0n) is 13.8. The van der Waals surface area contributed by atoms with Gasteiger partial charge in [0.1, 0.15) is 11.5 Å². The molecule has 2 aromatic rings. The topological polar surface area (TPSA) is 63.6 Å². The lowest BCUT2D eigenvalue weighted by Crippen LogP contribution is -2.01. The molecule has 0 aliphatic carbocycles. The average Bonchev–Trinajstić information content (AvgIpc) is 2.51. The van der Waals surface area contributed by atoms with Crippen molar-refractivity contribution >= 4 is 37.4 Å². The van der Waals surface area contributed by atoms with Gasteiger partial charge in [-0.2, -0.15) is 0 Å². The Balaban J connectivity index is 2.21. The Hall–Kier alpha value is -1.08. The van der Waals surface area contributed by atoms with Gasteiger partial charge < -0.3 is 9.84 Å².